The summed E-state index contributed by atoms with van der Waals surface area (Å²) in [6.45, 7) is -0.821. The number of rotatable bonds is 5. The minimum absolute atomic E-state index is 0.0106. The van der Waals surface area contributed by atoms with Crippen molar-refractivity contribution in [3.63, 3.8) is 0 Å². The summed E-state index contributed by atoms with van der Waals surface area (Å²) in [5.74, 6) is -2.07. The number of aliphatic carboxylic acids is 1. The van der Waals surface area contributed by atoms with Crippen LogP contribution in [0.1, 0.15) is 16.8 Å². The van der Waals surface area contributed by atoms with E-state index in [4.69, 9.17) is 9.84 Å². The van der Waals surface area contributed by atoms with Gasteiger partial charge in [0.2, 0.25) is 11.6 Å². The summed E-state index contributed by atoms with van der Waals surface area (Å²) in [6, 6.07) is 6.40. The Hall–Kier alpha value is -2.64. The van der Waals surface area contributed by atoms with E-state index in [0.717, 1.165) is 4.90 Å². The molecule has 1 aromatic carbocycles. The number of hydrogen-bond acceptors (Lipinski definition) is 4. The highest BCUT2D eigenvalue weighted by Gasteiger charge is 2.46. The number of alkyl halides is 1. The molecule has 7 nitrogen and oxygen atoms in total. The lowest BCUT2D eigenvalue weighted by molar-refractivity contribution is -0.150. The molecule has 1 fully saturated rings. The Labute approximate surface area is 132 Å². The number of carbonyl (C=O) groups is 3. The van der Waals surface area contributed by atoms with Crippen LogP contribution in [0.25, 0.3) is 0 Å². The Morgan fingerprint density at radius 1 is 1.43 bits per heavy atom. The summed E-state index contributed by atoms with van der Waals surface area (Å²) in [6.07, 6.45) is -0.252. The smallest absolute Gasteiger partial charge is 0.343 e. The van der Waals surface area contributed by atoms with E-state index in [2.05, 4.69) is 5.32 Å². The number of benzene rings is 1. The van der Waals surface area contributed by atoms with Gasteiger partial charge in [-0.25, -0.2) is 9.18 Å². The van der Waals surface area contributed by atoms with E-state index in [9.17, 15) is 18.8 Å². The molecular formula is C15H17FN2O5. The van der Waals surface area contributed by atoms with Gasteiger partial charge in [0.25, 0.3) is 5.91 Å². The predicted molar refractivity (Wildman–Crippen MR) is 78.0 cm³/mol. The van der Waals surface area contributed by atoms with Gasteiger partial charge < -0.3 is 20.1 Å². The van der Waals surface area contributed by atoms with Gasteiger partial charge in [-0.3, -0.25) is 9.59 Å². The number of likely N-dealkylation sites (tertiary alicyclic amines) is 1. The number of halogens is 1. The van der Waals surface area contributed by atoms with Gasteiger partial charge in [0.15, 0.2) is 0 Å². The zero-order valence-corrected chi connectivity index (χ0v) is 12.5. The van der Waals surface area contributed by atoms with Crippen molar-refractivity contribution in [2.75, 3.05) is 26.7 Å². The molecule has 124 valence electrons. The normalized spacial score (nSPS) is 20.2. The monoisotopic (exact) mass is 324 g/mol. The zero-order valence-electron chi connectivity index (χ0n) is 12.5. The largest absolute Gasteiger partial charge is 0.497 e. The fourth-order valence-electron chi connectivity index (χ4n) is 2.29. The van der Waals surface area contributed by atoms with Crippen LogP contribution in [-0.4, -0.2) is 60.2 Å². The summed E-state index contributed by atoms with van der Waals surface area (Å²) in [5.41, 5.74) is -2.09. The molecule has 23 heavy (non-hydrogen) atoms. The van der Waals surface area contributed by atoms with Crippen molar-refractivity contribution < 1.29 is 28.6 Å². The highest BCUT2D eigenvalue weighted by atomic mass is 19.1. The van der Waals surface area contributed by atoms with E-state index in [0.29, 0.717) is 11.3 Å². The number of nitrogens with zero attached hydrogens (tertiary/aromatic N) is 1. The van der Waals surface area contributed by atoms with Crippen LogP contribution in [0.5, 0.6) is 5.75 Å². The van der Waals surface area contributed by atoms with Gasteiger partial charge in [-0.1, -0.05) is 6.07 Å². The number of amides is 2. The molecule has 2 rings (SSSR count). The van der Waals surface area contributed by atoms with Gasteiger partial charge in [-0.05, 0) is 18.2 Å². The van der Waals surface area contributed by atoms with Crippen LogP contribution in [0.4, 0.5) is 4.39 Å². The fourth-order valence-corrected chi connectivity index (χ4v) is 2.29. The summed E-state index contributed by atoms with van der Waals surface area (Å²) < 4.78 is 18.9. The lowest BCUT2D eigenvalue weighted by atomic mass is 10.1. The first-order chi connectivity index (χ1) is 10.9. The average molecular weight is 324 g/mol. The Bertz CT molecular complexity index is 636. The molecule has 0 aliphatic carbocycles. The van der Waals surface area contributed by atoms with E-state index >= 15 is 0 Å². The van der Waals surface area contributed by atoms with Gasteiger partial charge in [0.1, 0.15) is 5.75 Å². The minimum Gasteiger partial charge on any atom is -0.497 e. The SMILES string of the molecule is COc1cccc(C(=O)NCC(=O)N2CCC(F)(C(=O)O)C2)c1. The van der Waals surface area contributed by atoms with Crippen molar-refractivity contribution in [3.8, 4) is 5.75 Å². The highest BCUT2D eigenvalue weighted by Crippen LogP contribution is 2.25. The zero-order chi connectivity index (χ0) is 17.0. The molecule has 1 unspecified atom stereocenters. The van der Waals surface area contributed by atoms with Crippen LogP contribution in [0.2, 0.25) is 0 Å². The fraction of sp³-hybridized carbons (Fsp3) is 0.400. The molecular weight excluding hydrogens is 307 g/mol. The number of carbonyl (C=O) groups excluding carboxylic acids is 2. The Morgan fingerprint density at radius 2 is 2.17 bits per heavy atom. The average Bonchev–Trinajstić information content (AvgIpc) is 2.96. The van der Waals surface area contributed by atoms with Crippen LogP contribution in [0, 0.1) is 0 Å². The molecule has 1 aromatic rings. The predicted octanol–water partition coefficient (Wildman–Crippen LogP) is 0.450. The molecule has 2 amide bonds. The van der Waals surface area contributed by atoms with Crippen molar-refractivity contribution in [3.05, 3.63) is 29.8 Å². The Kier molecular flexibility index (Phi) is 4.83. The van der Waals surface area contributed by atoms with Crippen LogP contribution < -0.4 is 10.1 Å². The number of ether oxygens (including phenoxy) is 1. The van der Waals surface area contributed by atoms with E-state index in [1.165, 1.54) is 13.2 Å². The second kappa shape index (κ2) is 6.64. The van der Waals surface area contributed by atoms with Crippen molar-refractivity contribution in [1.29, 1.82) is 0 Å². The minimum atomic E-state index is -2.41. The molecule has 0 aromatic heterocycles. The molecule has 1 atom stereocenters. The molecule has 0 bridgehead atoms. The summed E-state index contributed by atoms with van der Waals surface area (Å²) in [7, 11) is 1.47. The van der Waals surface area contributed by atoms with E-state index < -0.39 is 30.0 Å². The van der Waals surface area contributed by atoms with Crippen LogP contribution in [0.3, 0.4) is 0 Å². The number of methoxy groups -OCH3 is 1. The van der Waals surface area contributed by atoms with Crippen molar-refractivity contribution in [2.24, 2.45) is 0 Å². The lowest BCUT2D eigenvalue weighted by Crippen LogP contribution is -2.42. The second-order valence-corrected chi connectivity index (χ2v) is 5.25. The Morgan fingerprint density at radius 3 is 2.78 bits per heavy atom. The molecule has 0 saturated carbocycles. The van der Waals surface area contributed by atoms with Crippen molar-refractivity contribution in [1.82, 2.24) is 10.2 Å². The van der Waals surface area contributed by atoms with Crippen molar-refractivity contribution >= 4 is 17.8 Å². The third-order valence-corrected chi connectivity index (χ3v) is 3.69. The highest BCUT2D eigenvalue weighted by molar-refractivity contribution is 5.97. The summed E-state index contributed by atoms with van der Waals surface area (Å²) in [5, 5.41) is 11.2. The first-order valence-electron chi connectivity index (χ1n) is 6.98. The molecule has 2 N–H and O–H groups in total. The van der Waals surface area contributed by atoms with E-state index in [1.54, 1.807) is 18.2 Å². The molecule has 1 heterocycles. The first-order valence-corrected chi connectivity index (χ1v) is 6.98. The maximum Gasteiger partial charge on any atom is 0.343 e. The van der Waals surface area contributed by atoms with E-state index in [1.807, 2.05) is 0 Å². The third kappa shape index (κ3) is 3.77. The van der Waals surface area contributed by atoms with Gasteiger partial charge in [-0.2, -0.15) is 0 Å². The van der Waals surface area contributed by atoms with Gasteiger partial charge >= 0.3 is 5.97 Å². The quantitative estimate of drug-likeness (QED) is 0.820. The van der Waals surface area contributed by atoms with Gasteiger partial charge in [-0.15, -0.1) is 0 Å². The van der Waals surface area contributed by atoms with E-state index in [-0.39, 0.29) is 19.5 Å². The van der Waals surface area contributed by atoms with Crippen molar-refractivity contribution in [2.45, 2.75) is 12.1 Å². The summed E-state index contributed by atoms with van der Waals surface area (Å²) in [4.78, 5) is 35.8. The van der Waals surface area contributed by atoms with Gasteiger partial charge in [0, 0.05) is 18.5 Å². The lowest BCUT2D eigenvalue weighted by Gasteiger charge is -2.18. The van der Waals surface area contributed by atoms with Crippen LogP contribution >= 0.6 is 0 Å². The maximum atomic E-state index is 13.9. The number of hydrogen-bond donors (Lipinski definition) is 2. The molecule has 8 heteroatoms. The molecule has 0 radical (unpaired) electrons. The molecule has 1 aliphatic heterocycles. The number of carboxylic acid groups (broad SMARTS) is 1. The molecule has 0 spiro atoms. The van der Waals surface area contributed by atoms with Gasteiger partial charge in [0.05, 0.1) is 20.2 Å². The molecule has 1 aliphatic rings. The van der Waals surface area contributed by atoms with Crippen LogP contribution in [-0.2, 0) is 9.59 Å². The standard InChI is InChI=1S/C15H17FN2O5/c1-23-11-4-2-3-10(7-11)13(20)17-8-12(19)18-6-5-15(16,9-18)14(21)22/h2-4,7H,5-6,8-9H2,1H3,(H,17,20)(H,21,22). The van der Waals surface area contributed by atoms with Crippen LogP contribution in [0.15, 0.2) is 24.3 Å². The third-order valence-electron chi connectivity index (χ3n) is 3.69. The topological polar surface area (TPSA) is 95.9 Å². The molecule has 1 saturated heterocycles. The second-order valence-electron chi connectivity index (χ2n) is 5.25. The number of nitrogens with one attached hydrogen (secondary N) is 1. The number of carboxylic acids is 1. The maximum absolute atomic E-state index is 13.9. The Balaban J connectivity index is 1.89. The summed E-state index contributed by atoms with van der Waals surface area (Å²) >= 11 is 0. The first kappa shape index (κ1) is 16.7.